The van der Waals surface area contributed by atoms with E-state index in [4.69, 9.17) is 24.6 Å². The van der Waals surface area contributed by atoms with Crippen molar-refractivity contribution >= 4 is 45.3 Å². The number of hydrogen-bond donors (Lipinski definition) is 2. The normalized spacial score (nSPS) is 23.6. The highest BCUT2D eigenvalue weighted by atomic mass is 32.2. The van der Waals surface area contributed by atoms with Gasteiger partial charge in [0.2, 0.25) is 5.91 Å². The zero-order chi connectivity index (χ0) is 33.1. The molecule has 2 aromatic heterocycles. The third kappa shape index (κ3) is 6.09. The van der Waals surface area contributed by atoms with Crippen molar-refractivity contribution in [2.45, 2.75) is 95.3 Å². The zero-order valence-electron chi connectivity index (χ0n) is 27.1. The minimum Gasteiger partial charge on any atom is -0.486 e. The van der Waals surface area contributed by atoms with Gasteiger partial charge in [0.25, 0.3) is 0 Å². The summed E-state index contributed by atoms with van der Waals surface area (Å²) in [4.78, 5) is 36.2. The molecule has 10 nitrogen and oxygen atoms in total. The molecule has 3 N–H and O–H groups in total. The van der Waals surface area contributed by atoms with Gasteiger partial charge in [-0.2, -0.15) is 0 Å². The van der Waals surface area contributed by atoms with Crippen molar-refractivity contribution in [1.29, 1.82) is 0 Å². The molecule has 1 aromatic carbocycles. The first kappa shape index (κ1) is 32.3. The predicted octanol–water partition coefficient (Wildman–Crippen LogP) is 5.66. The first-order valence-electron chi connectivity index (χ1n) is 15.9. The highest BCUT2D eigenvalue weighted by Crippen LogP contribution is 2.41. The van der Waals surface area contributed by atoms with E-state index < -0.39 is 33.4 Å². The van der Waals surface area contributed by atoms with E-state index in [9.17, 15) is 18.2 Å². The van der Waals surface area contributed by atoms with Crippen LogP contribution in [0.5, 0.6) is 5.75 Å². The Labute approximate surface area is 271 Å². The quantitative estimate of drug-likeness (QED) is 0.268. The van der Waals surface area contributed by atoms with Crippen LogP contribution in [-0.2, 0) is 20.5 Å². The predicted molar refractivity (Wildman–Crippen MR) is 175 cm³/mol. The van der Waals surface area contributed by atoms with Crippen LogP contribution in [0.4, 0.5) is 16.0 Å². The molecule has 5 atom stereocenters. The number of aromatic nitrogens is 2. The highest BCUT2D eigenvalue weighted by Gasteiger charge is 2.48. The molecule has 46 heavy (non-hydrogen) atoms. The first-order chi connectivity index (χ1) is 21.7. The Hall–Kier alpha value is -3.64. The second-order valence-corrected chi connectivity index (χ2v) is 15.6. The van der Waals surface area contributed by atoms with Gasteiger partial charge < -0.3 is 19.7 Å². The average Bonchev–Trinajstić information content (AvgIpc) is 3.72. The number of likely N-dealkylation sites (tertiary alicyclic amines) is 1. The molecule has 2 aliphatic heterocycles. The summed E-state index contributed by atoms with van der Waals surface area (Å²) in [5, 5.41) is 10.9. The number of halogens is 1. The molecule has 1 aliphatic carbocycles. The maximum absolute atomic E-state index is 13.4. The Morgan fingerprint density at radius 2 is 1.96 bits per heavy atom. The number of esters is 1. The zero-order valence-corrected chi connectivity index (χ0v) is 27.9. The lowest BCUT2D eigenvalue weighted by Crippen LogP contribution is -2.56. The van der Waals surface area contributed by atoms with Crippen molar-refractivity contribution < 1.29 is 27.7 Å². The van der Waals surface area contributed by atoms with Crippen molar-refractivity contribution in [3.8, 4) is 5.75 Å². The van der Waals surface area contributed by atoms with Crippen molar-refractivity contribution in [1.82, 2.24) is 14.9 Å². The van der Waals surface area contributed by atoms with E-state index in [0.717, 1.165) is 22.8 Å². The highest BCUT2D eigenvalue weighted by molar-refractivity contribution is 7.84. The van der Waals surface area contributed by atoms with Gasteiger partial charge in [0.05, 0.1) is 46.0 Å². The van der Waals surface area contributed by atoms with Crippen LogP contribution in [0.1, 0.15) is 94.3 Å². The van der Waals surface area contributed by atoms with Crippen LogP contribution in [0.15, 0.2) is 36.5 Å². The summed E-state index contributed by atoms with van der Waals surface area (Å²) in [6.07, 6.45) is 2.26. The lowest BCUT2D eigenvalue weighted by Gasteiger charge is -2.39. The number of nitrogens with zero attached hydrogens (tertiary/aromatic N) is 3. The van der Waals surface area contributed by atoms with Gasteiger partial charge in [0, 0.05) is 17.5 Å². The molecule has 1 amide bonds. The standard InChI is InChI=1S/C34H42FN5O5S/c1-7-19(14-33(3,4)46(36)43)21-8-10-27(44-20-16-40(17-20)31(41)24-12-26(24)35)25-15-37-29(13-23(21)25)38-28-11-9-22-30(39-28)18(2)34(5,6)45-32(22)42/h8-11,13,15,18-20,24,26H,7,12,14,16-17,36H2,1-6H3,(H,37,38,39)/t18-,19-,24-,26+,46?/m1/s1. The monoisotopic (exact) mass is 651 g/mol. The van der Waals surface area contributed by atoms with Gasteiger partial charge in [-0.25, -0.2) is 23.4 Å². The Balaban J connectivity index is 1.32. The summed E-state index contributed by atoms with van der Waals surface area (Å²) >= 11 is 0. The van der Waals surface area contributed by atoms with E-state index in [1.807, 2.05) is 52.8 Å². The Kier molecular flexibility index (Phi) is 8.33. The molecule has 0 bridgehead atoms. The van der Waals surface area contributed by atoms with Crippen LogP contribution in [0.2, 0.25) is 0 Å². The number of hydrogen-bond acceptors (Lipinski definition) is 8. The van der Waals surface area contributed by atoms with E-state index in [0.29, 0.717) is 54.6 Å². The second kappa shape index (κ2) is 11.9. The van der Waals surface area contributed by atoms with Gasteiger partial charge in [0.1, 0.15) is 35.3 Å². The minimum absolute atomic E-state index is 0.0502. The number of fused-ring (bicyclic) bond motifs is 2. The molecule has 12 heteroatoms. The molecule has 1 saturated carbocycles. The number of cyclic esters (lactones) is 1. The van der Waals surface area contributed by atoms with Gasteiger partial charge in [-0.1, -0.05) is 19.9 Å². The van der Waals surface area contributed by atoms with Crippen LogP contribution in [-0.4, -0.2) is 66.7 Å². The Bertz CT molecular complexity index is 1730. The van der Waals surface area contributed by atoms with Crippen molar-refractivity contribution in [3.05, 3.63) is 53.3 Å². The number of carbonyl (C=O) groups is 2. The van der Waals surface area contributed by atoms with Gasteiger partial charge in [-0.3, -0.25) is 9.93 Å². The van der Waals surface area contributed by atoms with Gasteiger partial charge in [-0.15, -0.1) is 0 Å². The van der Waals surface area contributed by atoms with Crippen molar-refractivity contribution in [3.63, 3.8) is 0 Å². The van der Waals surface area contributed by atoms with Crippen molar-refractivity contribution in [2.75, 3.05) is 18.4 Å². The number of ether oxygens (including phenoxy) is 2. The van der Waals surface area contributed by atoms with Gasteiger partial charge >= 0.3 is 5.97 Å². The average molecular weight is 652 g/mol. The summed E-state index contributed by atoms with van der Waals surface area (Å²) < 4.78 is 37.2. The number of benzene rings is 1. The Morgan fingerprint density at radius 1 is 1.24 bits per heavy atom. The third-order valence-electron chi connectivity index (χ3n) is 9.80. The van der Waals surface area contributed by atoms with E-state index in [-0.39, 0.29) is 29.8 Å². The molecule has 0 spiro atoms. The number of pyridine rings is 2. The van der Waals surface area contributed by atoms with Crippen LogP contribution in [0.3, 0.4) is 0 Å². The Morgan fingerprint density at radius 3 is 2.61 bits per heavy atom. The molecule has 1 unspecified atom stereocenters. The largest absolute Gasteiger partial charge is 0.486 e. The maximum Gasteiger partial charge on any atom is 0.340 e. The first-order valence-corrected chi connectivity index (χ1v) is 17.1. The van der Waals surface area contributed by atoms with Gasteiger partial charge in [0.15, 0.2) is 0 Å². The smallest absolute Gasteiger partial charge is 0.340 e. The number of amides is 1. The van der Waals surface area contributed by atoms with Crippen LogP contribution < -0.4 is 15.2 Å². The maximum atomic E-state index is 13.4. The molecule has 1 saturated heterocycles. The third-order valence-corrected chi connectivity index (χ3v) is 11.1. The number of rotatable bonds is 10. The summed E-state index contributed by atoms with van der Waals surface area (Å²) in [7, 11) is -1.51. The van der Waals surface area contributed by atoms with Crippen LogP contribution in [0, 0.1) is 5.92 Å². The SMILES string of the molecule is CC[C@H](CC(C)(C)S(N)=O)c1ccc(OC2CN(C(=O)[C@@H]3C[C@@H]3F)C2)c2cnc(Nc3ccc4c(n3)[C@@H](C)C(C)(C)OC4=O)cc12. The summed E-state index contributed by atoms with van der Waals surface area (Å²) in [5.74, 6) is 0.670. The molecule has 4 heterocycles. The molecule has 3 aliphatic rings. The summed E-state index contributed by atoms with van der Waals surface area (Å²) in [6, 6.07) is 9.39. The second-order valence-electron chi connectivity index (χ2n) is 13.9. The number of carbonyl (C=O) groups excluding carboxylic acids is 2. The van der Waals surface area contributed by atoms with Gasteiger partial charge in [-0.05, 0) is 88.1 Å². The van der Waals surface area contributed by atoms with E-state index in [1.165, 1.54) is 0 Å². The van der Waals surface area contributed by atoms with Crippen LogP contribution >= 0.6 is 0 Å². The summed E-state index contributed by atoms with van der Waals surface area (Å²) in [6.45, 7) is 12.5. The lowest BCUT2D eigenvalue weighted by molar-refractivity contribution is -0.141. The molecule has 246 valence electrons. The molecule has 3 aromatic rings. The molecule has 6 rings (SSSR count). The fourth-order valence-electron chi connectivity index (χ4n) is 6.33. The fourth-order valence-corrected chi connectivity index (χ4v) is 6.69. The lowest BCUT2D eigenvalue weighted by atomic mass is 9.84. The summed E-state index contributed by atoms with van der Waals surface area (Å²) in [5.41, 5.74) is 1.50. The number of nitrogens with two attached hydrogens (primary N) is 1. The minimum atomic E-state index is -1.51. The number of anilines is 2. The topological polar surface area (TPSA) is 137 Å². The van der Waals surface area contributed by atoms with Crippen LogP contribution in [0.25, 0.3) is 10.8 Å². The van der Waals surface area contributed by atoms with Crippen molar-refractivity contribution in [2.24, 2.45) is 11.1 Å². The fraction of sp³-hybridized carbons (Fsp3) is 0.529. The number of nitrogens with one attached hydrogen (secondary N) is 1. The number of alkyl halides is 1. The molecular weight excluding hydrogens is 609 g/mol. The molecule has 0 radical (unpaired) electrons. The molecular formula is C34H42FN5O5S. The van der Waals surface area contributed by atoms with E-state index in [1.54, 1.807) is 23.2 Å². The molecule has 2 fully saturated rings. The van der Waals surface area contributed by atoms with E-state index >= 15 is 0 Å². The van der Waals surface area contributed by atoms with E-state index in [2.05, 4.69) is 12.2 Å².